The number of para-hydroxylation sites is 2. The second kappa shape index (κ2) is 5.48. The van der Waals surface area contributed by atoms with Gasteiger partial charge in [-0.1, -0.05) is 36.4 Å². The van der Waals surface area contributed by atoms with Crippen molar-refractivity contribution >= 4 is 22.5 Å². The van der Waals surface area contributed by atoms with Crippen LogP contribution in [0.5, 0.6) is 0 Å². The molecule has 0 bridgehead atoms. The number of nitrogens with zero attached hydrogens (tertiary/aromatic N) is 1. The maximum atomic E-state index is 13.6. The second-order valence-corrected chi connectivity index (χ2v) is 7.65. The van der Waals surface area contributed by atoms with Crippen molar-refractivity contribution in [3.05, 3.63) is 65.4 Å². The van der Waals surface area contributed by atoms with E-state index in [9.17, 15) is 4.79 Å². The average molecular weight is 332 g/mol. The summed E-state index contributed by atoms with van der Waals surface area (Å²) in [4.78, 5) is 19.1. The van der Waals surface area contributed by atoms with Crippen molar-refractivity contribution in [2.24, 2.45) is 0 Å². The summed E-state index contributed by atoms with van der Waals surface area (Å²) in [5, 5.41) is 1.14. The molecule has 1 aromatic heterocycles. The summed E-state index contributed by atoms with van der Waals surface area (Å²) < 4.78 is 0. The number of anilines is 1. The van der Waals surface area contributed by atoms with Gasteiger partial charge in [-0.05, 0) is 57.4 Å². The molecule has 0 radical (unpaired) electrons. The Morgan fingerprint density at radius 3 is 2.60 bits per heavy atom. The number of carbonyl (C=O) groups is 1. The molecule has 128 valence electrons. The monoisotopic (exact) mass is 332 g/mol. The van der Waals surface area contributed by atoms with Gasteiger partial charge < -0.3 is 9.88 Å². The Morgan fingerprint density at radius 1 is 1.12 bits per heavy atom. The van der Waals surface area contributed by atoms with Gasteiger partial charge in [0.2, 0.25) is 5.91 Å². The Kier molecular flexibility index (Phi) is 3.50. The Labute approximate surface area is 148 Å². The first kappa shape index (κ1) is 15.9. The molecule has 1 N–H and O–H groups in total. The highest BCUT2D eigenvalue weighted by atomic mass is 16.2. The van der Waals surface area contributed by atoms with Gasteiger partial charge in [0.1, 0.15) is 0 Å². The number of nitrogens with one attached hydrogen (secondary N) is 1. The number of H-pyrrole nitrogens is 1. The van der Waals surface area contributed by atoms with Crippen molar-refractivity contribution in [1.82, 2.24) is 4.98 Å². The van der Waals surface area contributed by atoms with Crippen LogP contribution in [0.2, 0.25) is 0 Å². The first-order valence-electron chi connectivity index (χ1n) is 8.90. The van der Waals surface area contributed by atoms with Crippen LogP contribution in [-0.2, 0) is 16.6 Å². The molecule has 3 nitrogen and oxygen atoms in total. The molecule has 0 saturated heterocycles. The highest BCUT2D eigenvalue weighted by Crippen LogP contribution is 2.39. The molecule has 2 aromatic carbocycles. The Balaban J connectivity index is 1.83. The van der Waals surface area contributed by atoms with Crippen LogP contribution in [-0.4, -0.2) is 16.9 Å². The lowest BCUT2D eigenvalue weighted by Gasteiger charge is -2.33. The van der Waals surface area contributed by atoms with Gasteiger partial charge in [0.15, 0.2) is 0 Å². The number of fused-ring (bicyclic) bond motifs is 2. The van der Waals surface area contributed by atoms with E-state index in [1.807, 2.05) is 36.9 Å². The Bertz CT molecular complexity index is 967. The van der Waals surface area contributed by atoms with Crippen molar-refractivity contribution in [2.75, 3.05) is 4.90 Å². The smallest absolute Gasteiger partial charge is 0.237 e. The molecule has 3 aromatic rings. The zero-order valence-corrected chi connectivity index (χ0v) is 15.3. The van der Waals surface area contributed by atoms with Crippen LogP contribution in [0.4, 0.5) is 5.69 Å². The molecular weight excluding hydrogens is 308 g/mol. The zero-order valence-electron chi connectivity index (χ0n) is 15.3. The molecule has 1 aliphatic heterocycles. The Hall–Kier alpha value is -2.55. The summed E-state index contributed by atoms with van der Waals surface area (Å²) >= 11 is 0. The van der Waals surface area contributed by atoms with Gasteiger partial charge in [0.25, 0.3) is 0 Å². The normalized spacial score (nSPS) is 17.1. The zero-order chi connectivity index (χ0) is 17.8. The minimum absolute atomic E-state index is 0.165. The largest absolute Gasteiger partial charge is 0.358 e. The lowest BCUT2D eigenvalue weighted by molar-refractivity contribution is -0.123. The van der Waals surface area contributed by atoms with Crippen LogP contribution in [0.25, 0.3) is 10.9 Å². The van der Waals surface area contributed by atoms with Gasteiger partial charge in [0.05, 0.1) is 5.41 Å². The van der Waals surface area contributed by atoms with E-state index < -0.39 is 5.41 Å². The maximum absolute atomic E-state index is 13.6. The first-order chi connectivity index (χ1) is 11.9. The third-order valence-corrected chi connectivity index (χ3v) is 5.48. The number of aryl methyl sites for hydroxylation is 1. The van der Waals surface area contributed by atoms with E-state index in [0.29, 0.717) is 0 Å². The number of aromatic amines is 1. The van der Waals surface area contributed by atoms with Gasteiger partial charge >= 0.3 is 0 Å². The predicted molar refractivity (Wildman–Crippen MR) is 103 cm³/mol. The average Bonchev–Trinajstić information content (AvgIpc) is 3.09. The quantitative estimate of drug-likeness (QED) is 0.723. The van der Waals surface area contributed by atoms with E-state index >= 15 is 0 Å². The fourth-order valence-corrected chi connectivity index (χ4v) is 4.37. The molecule has 2 heterocycles. The van der Waals surface area contributed by atoms with Crippen LogP contribution in [0.1, 0.15) is 37.6 Å². The number of aromatic nitrogens is 1. The van der Waals surface area contributed by atoms with Crippen LogP contribution in [0, 0.1) is 6.92 Å². The fraction of sp³-hybridized carbons (Fsp3) is 0.318. The molecule has 1 unspecified atom stereocenters. The van der Waals surface area contributed by atoms with E-state index in [0.717, 1.165) is 34.3 Å². The number of hydrogen-bond acceptors (Lipinski definition) is 1. The third-order valence-electron chi connectivity index (χ3n) is 5.48. The van der Waals surface area contributed by atoms with Gasteiger partial charge in [-0.2, -0.15) is 0 Å². The second-order valence-electron chi connectivity index (χ2n) is 7.65. The summed E-state index contributed by atoms with van der Waals surface area (Å²) in [6.07, 6.45) is 0.921. The van der Waals surface area contributed by atoms with E-state index in [-0.39, 0.29) is 11.9 Å². The standard InChI is InChI=1S/C22H24N2O/c1-14-13-16-9-5-8-12-19(16)24(14)21(25)22(3,4)20-15(2)23-18-11-7-6-10-17(18)20/h5-12,14,23H,13H2,1-4H3. The summed E-state index contributed by atoms with van der Waals surface area (Å²) in [7, 11) is 0. The molecule has 0 fully saturated rings. The number of rotatable bonds is 2. The minimum Gasteiger partial charge on any atom is -0.358 e. The predicted octanol–water partition coefficient (Wildman–Crippen LogP) is 4.73. The van der Waals surface area contributed by atoms with Gasteiger partial charge in [-0.3, -0.25) is 4.79 Å². The van der Waals surface area contributed by atoms with Crippen molar-refractivity contribution in [1.29, 1.82) is 0 Å². The molecule has 0 saturated carbocycles. The van der Waals surface area contributed by atoms with Gasteiger partial charge in [-0.15, -0.1) is 0 Å². The number of hydrogen-bond donors (Lipinski definition) is 1. The molecule has 1 aliphatic rings. The van der Waals surface area contributed by atoms with Crippen molar-refractivity contribution in [2.45, 2.75) is 45.6 Å². The molecular formula is C22H24N2O. The first-order valence-corrected chi connectivity index (χ1v) is 8.90. The molecule has 3 heteroatoms. The van der Waals surface area contributed by atoms with Crippen molar-refractivity contribution < 1.29 is 4.79 Å². The summed E-state index contributed by atoms with van der Waals surface area (Å²) in [5.74, 6) is 0.165. The molecule has 25 heavy (non-hydrogen) atoms. The lowest BCUT2D eigenvalue weighted by Crippen LogP contribution is -2.46. The molecule has 1 amide bonds. The highest BCUT2D eigenvalue weighted by molar-refractivity contribution is 6.05. The fourth-order valence-electron chi connectivity index (χ4n) is 4.37. The number of carbonyl (C=O) groups excluding carboxylic acids is 1. The summed E-state index contributed by atoms with van der Waals surface area (Å²) in [6.45, 7) is 8.29. The number of amides is 1. The number of benzene rings is 2. The van der Waals surface area contributed by atoms with Crippen molar-refractivity contribution in [3.63, 3.8) is 0 Å². The van der Waals surface area contributed by atoms with E-state index in [4.69, 9.17) is 0 Å². The summed E-state index contributed by atoms with van der Waals surface area (Å²) in [6, 6.07) is 16.7. The van der Waals surface area contributed by atoms with Gasteiger partial charge in [-0.25, -0.2) is 0 Å². The SMILES string of the molecule is Cc1[nH]c2ccccc2c1C(C)(C)C(=O)N1c2ccccc2CC1C. The molecule has 1 atom stereocenters. The van der Waals surface area contributed by atoms with E-state index in [1.54, 1.807) is 0 Å². The van der Waals surface area contributed by atoms with Crippen LogP contribution in [0.3, 0.4) is 0 Å². The molecule has 4 rings (SSSR count). The van der Waals surface area contributed by atoms with Crippen LogP contribution in [0.15, 0.2) is 48.5 Å². The van der Waals surface area contributed by atoms with Crippen LogP contribution < -0.4 is 4.90 Å². The minimum atomic E-state index is -0.602. The maximum Gasteiger partial charge on any atom is 0.237 e. The van der Waals surface area contributed by atoms with Crippen LogP contribution >= 0.6 is 0 Å². The van der Waals surface area contributed by atoms with Crippen molar-refractivity contribution in [3.8, 4) is 0 Å². The topological polar surface area (TPSA) is 36.1 Å². The molecule has 0 spiro atoms. The van der Waals surface area contributed by atoms with E-state index in [1.165, 1.54) is 5.56 Å². The lowest BCUT2D eigenvalue weighted by atomic mass is 9.81. The summed E-state index contributed by atoms with van der Waals surface area (Å²) in [5.41, 5.74) is 4.98. The third kappa shape index (κ3) is 2.30. The van der Waals surface area contributed by atoms with Gasteiger partial charge in [0, 0.05) is 28.3 Å². The van der Waals surface area contributed by atoms with E-state index in [2.05, 4.69) is 49.2 Å². The highest BCUT2D eigenvalue weighted by Gasteiger charge is 2.41. The Morgan fingerprint density at radius 2 is 1.80 bits per heavy atom. The molecule has 0 aliphatic carbocycles.